The van der Waals surface area contributed by atoms with E-state index in [1.165, 1.54) is 5.56 Å². The number of halogens is 1. The summed E-state index contributed by atoms with van der Waals surface area (Å²) in [6, 6.07) is 8.37. The molecule has 0 aromatic heterocycles. The van der Waals surface area contributed by atoms with Gasteiger partial charge in [0, 0.05) is 31.9 Å². The van der Waals surface area contributed by atoms with Crippen molar-refractivity contribution >= 4 is 11.6 Å². The molecule has 0 spiro atoms. The van der Waals surface area contributed by atoms with Crippen LogP contribution in [0.5, 0.6) is 5.75 Å². The molecular formula is C16H22ClNO2. The molecule has 1 fully saturated rings. The maximum absolute atomic E-state index is 6.01. The predicted octanol–water partition coefficient (Wildman–Crippen LogP) is 2.71. The highest BCUT2D eigenvalue weighted by Gasteiger charge is 2.27. The van der Waals surface area contributed by atoms with Crippen LogP contribution in [-0.4, -0.2) is 49.2 Å². The molecule has 2 heterocycles. The Morgan fingerprint density at radius 3 is 2.80 bits per heavy atom. The number of para-hydroxylation sites is 1. The van der Waals surface area contributed by atoms with Crippen molar-refractivity contribution in [1.82, 2.24) is 4.90 Å². The largest absolute Gasteiger partial charge is 0.488 e. The number of ether oxygens (including phenoxy) is 2. The van der Waals surface area contributed by atoms with E-state index in [-0.39, 0.29) is 0 Å². The fourth-order valence-corrected chi connectivity index (χ4v) is 3.20. The second kappa shape index (κ2) is 6.79. The monoisotopic (exact) mass is 295 g/mol. The average molecular weight is 296 g/mol. The van der Waals surface area contributed by atoms with Gasteiger partial charge in [-0.15, -0.1) is 11.6 Å². The van der Waals surface area contributed by atoms with Crippen molar-refractivity contribution in [3.05, 3.63) is 29.8 Å². The van der Waals surface area contributed by atoms with Crippen LogP contribution >= 0.6 is 11.6 Å². The Labute approximate surface area is 125 Å². The van der Waals surface area contributed by atoms with Crippen LogP contribution < -0.4 is 4.74 Å². The molecule has 1 unspecified atom stereocenters. The lowest BCUT2D eigenvalue weighted by molar-refractivity contribution is 0.00813. The standard InChI is InChI=1S/C16H22ClNO2/c17-7-10-19-14-5-8-18(9-6-14)12-15-11-13-3-1-2-4-16(13)20-15/h1-4,14-15H,5-12H2. The number of hydrogen-bond donors (Lipinski definition) is 0. The quantitative estimate of drug-likeness (QED) is 0.780. The van der Waals surface area contributed by atoms with Gasteiger partial charge in [0.05, 0.1) is 12.7 Å². The van der Waals surface area contributed by atoms with Crippen molar-refractivity contribution in [3.63, 3.8) is 0 Å². The lowest BCUT2D eigenvalue weighted by Gasteiger charge is -2.33. The second-order valence-electron chi connectivity index (χ2n) is 5.61. The number of piperidine rings is 1. The van der Waals surface area contributed by atoms with E-state index in [4.69, 9.17) is 21.1 Å². The summed E-state index contributed by atoms with van der Waals surface area (Å²) in [5, 5.41) is 0. The van der Waals surface area contributed by atoms with Crippen LogP contribution in [-0.2, 0) is 11.2 Å². The molecule has 0 radical (unpaired) electrons. The minimum absolute atomic E-state index is 0.313. The Bertz CT molecular complexity index is 407. The predicted molar refractivity (Wildman–Crippen MR) is 80.7 cm³/mol. The summed E-state index contributed by atoms with van der Waals surface area (Å²) in [5.74, 6) is 1.66. The first-order valence-corrected chi connectivity index (χ1v) is 8.03. The molecular weight excluding hydrogens is 274 g/mol. The van der Waals surface area contributed by atoms with Gasteiger partial charge in [0.2, 0.25) is 0 Å². The molecule has 0 bridgehead atoms. The molecule has 0 saturated carbocycles. The Balaban J connectivity index is 1.43. The first kappa shape index (κ1) is 14.2. The number of nitrogens with zero attached hydrogens (tertiary/aromatic N) is 1. The van der Waals surface area contributed by atoms with Crippen LogP contribution in [0.25, 0.3) is 0 Å². The minimum Gasteiger partial charge on any atom is -0.488 e. The van der Waals surface area contributed by atoms with Crippen LogP contribution in [0.2, 0.25) is 0 Å². The Morgan fingerprint density at radius 1 is 1.25 bits per heavy atom. The molecule has 3 rings (SSSR count). The third kappa shape index (κ3) is 3.46. The lowest BCUT2D eigenvalue weighted by Crippen LogP contribution is -2.42. The fourth-order valence-electron chi connectivity index (χ4n) is 3.11. The molecule has 0 N–H and O–H groups in total. The summed E-state index contributed by atoms with van der Waals surface area (Å²) in [7, 11) is 0. The molecule has 4 heteroatoms. The van der Waals surface area contributed by atoms with Gasteiger partial charge in [0.25, 0.3) is 0 Å². The summed E-state index contributed by atoms with van der Waals surface area (Å²) >= 11 is 5.66. The molecule has 2 aliphatic rings. The van der Waals surface area contributed by atoms with E-state index in [1.54, 1.807) is 0 Å². The highest BCUT2D eigenvalue weighted by molar-refractivity contribution is 6.17. The molecule has 20 heavy (non-hydrogen) atoms. The SMILES string of the molecule is ClCCOC1CCN(CC2Cc3ccccc3O2)CC1. The van der Waals surface area contributed by atoms with Gasteiger partial charge in [-0.2, -0.15) is 0 Å². The molecule has 1 atom stereocenters. The molecule has 110 valence electrons. The van der Waals surface area contributed by atoms with Crippen LogP contribution in [0.3, 0.4) is 0 Å². The van der Waals surface area contributed by atoms with Crippen LogP contribution in [0.1, 0.15) is 18.4 Å². The van der Waals surface area contributed by atoms with E-state index in [0.717, 1.165) is 44.6 Å². The topological polar surface area (TPSA) is 21.7 Å². The van der Waals surface area contributed by atoms with Gasteiger partial charge >= 0.3 is 0 Å². The van der Waals surface area contributed by atoms with Gasteiger partial charge < -0.3 is 9.47 Å². The molecule has 3 nitrogen and oxygen atoms in total. The van der Waals surface area contributed by atoms with Gasteiger partial charge in [0.15, 0.2) is 0 Å². The van der Waals surface area contributed by atoms with Crippen molar-refractivity contribution in [2.24, 2.45) is 0 Å². The Morgan fingerprint density at radius 2 is 2.05 bits per heavy atom. The summed E-state index contributed by atoms with van der Waals surface area (Å²) in [5.41, 5.74) is 1.35. The zero-order chi connectivity index (χ0) is 13.8. The highest BCUT2D eigenvalue weighted by Crippen LogP contribution is 2.29. The maximum Gasteiger partial charge on any atom is 0.123 e. The molecule has 1 aromatic carbocycles. The van der Waals surface area contributed by atoms with Crippen LogP contribution in [0.4, 0.5) is 0 Å². The van der Waals surface area contributed by atoms with Crippen molar-refractivity contribution in [3.8, 4) is 5.75 Å². The molecule has 1 saturated heterocycles. The van der Waals surface area contributed by atoms with Crippen molar-refractivity contribution in [2.45, 2.75) is 31.5 Å². The van der Waals surface area contributed by atoms with E-state index >= 15 is 0 Å². The maximum atomic E-state index is 6.01. The summed E-state index contributed by atoms with van der Waals surface area (Å²) in [6.45, 7) is 3.90. The van der Waals surface area contributed by atoms with E-state index < -0.39 is 0 Å². The summed E-state index contributed by atoms with van der Waals surface area (Å²) in [4.78, 5) is 2.50. The van der Waals surface area contributed by atoms with Crippen molar-refractivity contribution < 1.29 is 9.47 Å². The van der Waals surface area contributed by atoms with Gasteiger partial charge in [0.1, 0.15) is 11.9 Å². The van der Waals surface area contributed by atoms with Crippen LogP contribution in [0, 0.1) is 0 Å². The number of alkyl halides is 1. The number of hydrogen-bond acceptors (Lipinski definition) is 3. The zero-order valence-corrected chi connectivity index (χ0v) is 12.5. The zero-order valence-electron chi connectivity index (χ0n) is 11.8. The highest BCUT2D eigenvalue weighted by atomic mass is 35.5. The minimum atomic E-state index is 0.313. The molecule has 2 aliphatic heterocycles. The first-order valence-electron chi connectivity index (χ1n) is 7.49. The Hall–Kier alpha value is -0.770. The number of fused-ring (bicyclic) bond motifs is 1. The number of benzene rings is 1. The third-order valence-corrected chi connectivity index (χ3v) is 4.30. The van der Waals surface area contributed by atoms with E-state index in [9.17, 15) is 0 Å². The second-order valence-corrected chi connectivity index (χ2v) is 5.99. The number of rotatable bonds is 5. The van der Waals surface area contributed by atoms with Crippen molar-refractivity contribution in [1.29, 1.82) is 0 Å². The third-order valence-electron chi connectivity index (χ3n) is 4.14. The van der Waals surface area contributed by atoms with Gasteiger partial charge in [-0.3, -0.25) is 4.90 Å². The van der Waals surface area contributed by atoms with E-state index in [1.807, 2.05) is 6.07 Å². The smallest absolute Gasteiger partial charge is 0.123 e. The van der Waals surface area contributed by atoms with Crippen molar-refractivity contribution in [2.75, 3.05) is 32.1 Å². The first-order chi connectivity index (χ1) is 9.85. The van der Waals surface area contributed by atoms with Gasteiger partial charge in [-0.05, 0) is 24.5 Å². The molecule has 1 aromatic rings. The Kier molecular flexibility index (Phi) is 4.81. The summed E-state index contributed by atoms with van der Waals surface area (Å²) in [6.07, 6.45) is 3.96. The fraction of sp³-hybridized carbons (Fsp3) is 0.625. The molecule has 0 amide bonds. The van der Waals surface area contributed by atoms with E-state index in [2.05, 4.69) is 23.1 Å². The number of likely N-dealkylation sites (tertiary alicyclic amines) is 1. The lowest BCUT2D eigenvalue weighted by atomic mass is 10.1. The normalized spacial score (nSPS) is 23.6. The summed E-state index contributed by atoms with van der Waals surface area (Å²) < 4.78 is 11.7. The van der Waals surface area contributed by atoms with Crippen LogP contribution in [0.15, 0.2) is 24.3 Å². The molecule has 0 aliphatic carbocycles. The van der Waals surface area contributed by atoms with Gasteiger partial charge in [-0.1, -0.05) is 18.2 Å². The average Bonchev–Trinajstić information content (AvgIpc) is 2.89. The van der Waals surface area contributed by atoms with Gasteiger partial charge in [-0.25, -0.2) is 0 Å². The van der Waals surface area contributed by atoms with E-state index in [0.29, 0.717) is 24.7 Å².